The van der Waals surface area contributed by atoms with Crippen LogP contribution < -0.4 is 9.64 Å². The third kappa shape index (κ3) is 4.01. The first kappa shape index (κ1) is 23.7. The van der Waals surface area contributed by atoms with Crippen molar-refractivity contribution in [2.75, 3.05) is 18.1 Å². The van der Waals surface area contributed by atoms with Crippen LogP contribution in [0.25, 0.3) is 10.8 Å². The maximum Gasteiger partial charge on any atom is 0.310 e. The Morgan fingerprint density at radius 3 is 2.47 bits per heavy atom. The Balaban J connectivity index is 1.84. The van der Waals surface area contributed by atoms with Crippen LogP contribution >= 0.6 is 0 Å². The van der Waals surface area contributed by atoms with Crippen LogP contribution in [-0.2, 0) is 22.4 Å². The van der Waals surface area contributed by atoms with Gasteiger partial charge in [-0.25, -0.2) is 4.39 Å². The Bertz CT molecular complexity index is 1260. The SMILES string of the molecule is CCCc1c2c(c(OCC)c3ccccc13)C(O)N(c1ccc(CC(=O)OCC)cc1F)C2=O. The summed E-state index contributed by atoms with van der Waals surface area (Å²) in [7, 11) is 0. The van der Waals surface area contributed by atoms with E-state index in [-0.39, 0.29) is 18.7 Å². The Morgan fingerprint density at radius 1 is 1.09 bits per heavy atom. The molecule has 0 bridgehead atoms. The van der Waals surface area contributed by atoms with Gasteiger partial charge in [-0.2, -0.15) is 0 Å². The van der Waals surface area contributed by atoms with Crippen LogP contribution in [0, 0.1) is 5.82 Å². The van der Waals surface area contributed by atoms with Gasteiger partial charge in [0.15, 0.2) is 6.23 Å². The predicted octanol–water partition coefficient (Wildman–Crippen LogP) is 5.09. The van der Waals surface area contributed by atoms with Gasteiger partial charge in [0.1, 0.15) is 11.6 Å². The molecule has 6 nitrogen and oxygen atoms in total. The van der Waals surface area contributed by atoms with Crippen LogP contribution in [0.1, 0.15) is 60.5 Å². The van der Waals surface area contributed by atoms with E-state index in [1.807, 2.05) is 38.1 Å². The minimum atomic E-state index is -1.41. The summed E-state index contributed by atoms with van der Waals surface area (Å²) in [4.78, 5) is 26.5. The number of hydrogen-bond donors (Lipinski definition) is 1. The summed E-state index contributed by atoms with van der Waals surface area (Å²) in [5.74, 6) is -1.21. The number of carbonyl (C=O) groups is 2. The van der Waals surface area contributed by atoms with Gasteiger partial charge < -0.3 is 14.6 Å². The highest BCUT2D eigenvalue weighted by molar-refractivity contribution is 6.16. The zero-order chi connectivity index (χ0) is 24.4. The fraction of sp³-hybridized carbons (Fsp3) is 0.333. The molecule has 0 fully saturated rings. The second-order valence-corrected chi connectivity index (χ2v) is 8.14. The molecule has 1 aliphatic rings. The second-order valence-electron chi connectivity index (χ2n) is 8.14. The molecule has 178 valence electrons. The number of nitrogens with zero attached hydrogens (tertiary/aromatic N) is 1. The van der Waals surface area contributed by atoms with Crippen molar-refractivity contribution in [3.8, 4) is 5.75 Å². The van der Waals surface area contributed by atoms with E-state index in [4.69, 9.17) is 9.47 Å². The maximum atomic E-state index is 15.2. The van der Waals surface area contributed by atoms with Crippen molar-refractivity contribution in [2.45, 2.75) is 46.3 Å². The second kappa shape index (κ2) is 9.81. The largest absolute Gasteiger partial charge is 0.493 e. The van der Waals surface area contributed by atoms with Crippen LogP contribution in [0.15, 0.2) is 42.5 Å². The standard InChI is InChI=1S/C27H28FNO5/c1-4-9-18-17-10-7-8-11-19(17)25(34-6-3)24-23(18)26(31)29(27(24)32)21-13-12-16(14-20(21)28)15-22(30)33-5-2/h7-8,10-14,27,32H,4-6,9,15H2,1-3H3. The van der Waals surface area contributed by atoms with E-state index >= 15 is 4.39 Å². The number of halogens is 1. The average molecular weight is 466 g/mol. The summed E-state index contributed by atoms with van der Waals surface area (Å²) in [6.07, 6.45) is -0.0649. The molecule has 1 atom stereocenters. The summed E-state index contributed by atoms with van der Waals surface area (Å²) in [6.45, 7) is 6.15. The Kier molecular flexibility index (Phi) is 6.84. The smallest absolute Gasteiger partial charge is 0.310 e. The number of fused-ring (bicyclic) bond motifs is 2. The van der Waals surface area contributed by atoms with Crippen LogP contribution in [-0.4, -0.2) is 30.2 Å². The van der Waals surface area contributed by atoms with Gasteiger partial charge in [-0.1, -0.05) is 43.7 Å². The maximum absolute atomic E-state index is 15.2. The van der Waals surface area contributed by atoms with E-state index in [2.05, 4.69) is 0 Å². The lowest BCUT2D eigenvalue weighted by molar-refractivity contribution is -0.142. The molecule has 1 unspecified atom stereocenters. The Labute approximate surface area is 197 Å². The number of benzene rings is 3. The topological polar surface area (TPSA) is 76.1 Å². The number of ether oxygens (including phenoxy) is 2. The third-order valence-corrected chi connectivity index (χ3v) is 5.96. The molecule has 1 amide bonds. The lowest BCUT2D eigenvalue weighted by Gasteiger charge is -2.22. The van der Waals surface area contributed by atoms with E-state index in [1.54, 1.807) is 13.0 Å². The lowest BCUT2D eigenvalue weighted by Crippen LogP contribution is -2.28. The van der Waals surface area contributed by atoms with E-state index in [0.29, 0.717) is 35.5 Å². The molecular weight excluding hydrogens is 437 g/mol. The highest BCUT2D eigenvalue weighted by atomic mass is 19.1. The molecule has 0 spiro atoms. The fourth-order valence-corrected chi connectivity index (χ4v) is 4.64. The minimum absolute atomic E-state index is 0.0599. The van der Waals surface area contributed by atoms with Gasteiger partial charge in [0.2, 0.25) is 0 Å². The van der Waals surface area contributed by atoms with Crippen LogP contribution in [0.3, 0.4) is 0 Å². The van der Waals surface area contributed by atoms with Crippen molar-refractivity contribution in [1.29, 1.82) is 0 Å². The number of anilines is 1. The fourth-order valence-electron chi connectivity index (χ4n) is 4.64. The summed E-state index contributed by atoms with van der Waals surface area (Å²) < 4.78 is 26.0. The number of aliphatic hydroxyl groups is 1. The number of amides is 1. The zero-order valence-electron chi connectivity index (χ0n) is 19.6. The molecule has 7 heteroatoms. The van der Waals surface area contributed by atoms with Gasteiger partial charge in [0.05, 0.1) is 36.4 Å². The van der Waals surface area contributed by atoms with Crippen molar-refractivity contribution in [1.82, 2.24) is 0 Å². The number of rotatable bonds is 8. The van der Waals surface area contributed by atoms with Crippen LogP contribution in [0.4, 0.5) is 10.1 Å². The molecule has 0 saturated heterocycles. The van der Waals surface area contributed by atoms with E-state index < -0.39 is 23.9 Å². The average Bonchev–Trinajstić information content (AvgIpc) is 3.06. The lowest BCUT2D eigenvalue weighted by atomic mass is 9.91. The number of hydrogen-bond acceptors (Lipinski definition) is 5. The van der Waals surface area contributed by atoms with Gasteiger partial charge in [0.25, 0.3) is 5.91 Å². The molecule has 1 heterocycles. The van der Waals surface area contributed by atoms with Gasteiger partial charge in [-0.15, -0.1) is 0 Å². The molecule has 4 rings (SSSR count). The highest BCUT2D eigenvalue weighted by Gasteiger charge is 2.43. The normalized spacial score (nSPS) is 15.0. The molecule has 0 aromatic heterocycles. The number of carbonyl (C=O) groups excluding carboxylic acids is 2. The number of aliphatic hydroxyl groups excluding tert-OH is 1. The molecule has 3 aromatic rings. The van der Waals surface area contributed by atoms with Gasteiger partial charge in [-0.05, 0) is 48.9 Å². The Hall–Kier alpha value is -3.45. The summed E-state index contributed by atoms with van der Waals surface area (Å²) in [5, 5.41) is 13.0. The first-order valence-electron chi connectivity index (χ1n) is 11.6. The summed E-state index contributed by atoms with van der Waals surface area (Å²) >= 11 is 0. The highest BCUT2D eigenvalue weighted by Crippen LogP contribution is 2.47. The van der Waals surface area contributed by atoms with Crippen molar-refractivity contribution >= 4 is 28.3 Å². The van der Waals surface area contributed by atoms with Crippen molar-refractivity contribution in [3.63, 3.8) is 0 Å². The molecule has 3 aromatic carbocycles. The molecule has 34 heavy (non-hydrogen) atoms. The van der Waals surface area contributed by atoms with E-state index in [9.17, 15) is 14.7 Å². The van der Waals surface area contributed by atoms with Gasteiger partial charge >= 0.3 is 5.97 Å². The summed E-state index contributed by atoms with van der Waals surface area (Å²) in [5.41, 5.74) is 1.92. The minimum Gasteiger partial charge on any atom is -0.493 e. The quantitative estimate of drug-likeness (QED) is 0.469. The van der Waals surface area contributed by atoms with E-state index in [1.165, 1.54) is 12.1 Å². The Morgan fingerprint density at radius 2 is 1.82 bits per heavy atom. The monoisotopic (exact) mass is 465 g/mol. The molecule has 1 aliphatic heterocycles. The van der Waals surface area contributed by atoms with Gasteiger partial charge in [-0.3, -0.25) is 14.5 Å². The molecular formula is C27H28FNO5. The molecule has 0 aliphatic carbocycles. The number of aryl methyl sites for hydroxylation is 1. The molecule has 0 saturated carbocycles. The molecule has 1 N–H and O–H groups in total. The van der Waals surface area contributed by atoms with Crippen LogP contribution in [0.5, 0.6) is 5.75 Å². The predicted molar refractivity (Wildman–Crippen MR) is 128 cm³/mol. The third-order valence-electron chi connectivity index (χ3n) is 5.96. The van der Waals surface area contributed by atoms with Gasteiger partial charge in [0, 0.05) is 5.39 Å². The van der Waals surface area contributed by atoms with Crippen molar-refractivity contribution < 1.29 is 28.6 Å². The number of esters is 1. The van der Waals surface area contributed by atoms with E-state index in [0.717, 1.165) is 27.7 Å². The first-order chi connectivity index (χ1) is 16.4. The van der Waals surface area contributed by atoms with Crippen molar-refractivity contribution in [2.24, 2.45) is 0 Å². The first-order valence-corrected chi connectivity index (χ1v) is 11.6. The van der Waals surface area contributed by atoms with Crippen molar-refractivity contribution in [3.05, 3.63) is 70.5 Å². The summed E-state index contributed by atoms with van der Waals surface area (Å²) in [6, 6.07) is 11.8. The zero-order valence-corrected chi connectivity index (χ0v) is 19.6. The van der Waals surface area contributed by atoms with Crippen LogP contribution in [0.2, 0.25) is 0 Å². The molecule has 0 radical (unpaired) electrons.